The van der Waals surface area contributed by atoms with Gasteiger partial charge in [0.1, 0.15) is 17.8 Å². The van der Waals surface area contributed by atoms with Crippen molar-refractivity contribution in [3.8, 4) is 0 Å². The lowest BCUT2D eigenvalue weighted by molar-refractivity contribution is -0.129. The average molecular weight is 417 g/mol. The molecular weight excluding hydrogens is 384 g/mol. The molecule has 0 spiro atoms. The molecule has 3 amide bonds. The van der Waals surface area contributed by atoms with E-state index in [1.54, 1.807) is 27.0 Å². The van der Waals surface area contributed by atoms with Crippen molar-refractivity contribution in [1.29, 1.82) is 0 Å². The van der Waals surface area contributed by atoms with Crippen LogP contribution in [0.4, 0.5) is 4.79 Å². The molecule has 0 saturated carbocycles. The molecule has 2 rings (SSSR count). The topological polar surface area (TPSA) is 114 Å². The van der Waals surface area contributed by atoms with Gasteiger partial charge in [-0.3, -0.25) is 9.59 Å². The molecule has 1 saturated heterocycles. The number of nitrogens with two attached hydrogens (primary N) is 1. The van der Waals surface area contributed by atoms with Gasteiger partial charge < -0.3 is 26.0 Å². The van der Waals surface area contributed by atoms with Crippen molar-refractivity contribution in [3.05, 3.63) is 47.8 Å². The lowest BCUT2D eigenvalue weighted by atomic mass is 9.87. The molecule has 1 aliphatic heterocycles. The van der Waals surface area contributed by atoms with Crippen LogP contribution in [0.2, 0.25) is 0 Å². The zero-order valence-corrected chi connectivity index (χ0v) is 17.9. The summed E-state index contributed by atoms with van der Waals surface area (Å²) in [7, 11) is 0. The summed E-state index contributed by atoms with van der Waals surface area (Å²) in [6.45, 7) is 6.89. The summed E-state index contributed by atoms with van der Waals surface area (Å²) in [5, 5.41) is 5.25. The van der Waals surface area contributed by atoms with Gasteiger partial charge in [0.2, 0.25) is 5.91 Å². The Morgan fingerprint density at radius 2 is 1.80 bits per heavy atom. The zero-order chi connectivity index (χ0) is 22.1. The van der Waals surface area contributed by atoms with Gasteiger partial charge in [0, 0.05) is 19.3 Å². The van der Waals surface area contributed by atoms with Crippen LogP contribution in [0.1, 0.15) is 45.6 Å². The third-order valence-corrected chi connectivity index (χ3v) is 5.42. The molecule has 1 aromatic carbocycles. The highest BCUT2D eigenvalue weighted by Gasteiger charge is 2.39. The first-order chi connectivity index (χ1) is 14.2. The van der Waals surface area contributed by atoms with E-state index in [2.05, 4.69) is 10.6 Å². The van der Waals surface area contributed by atoms with Crippen LogP contribution in [0.3, 0.4) is 0 Å². The fraction of sp³-hybridized carbons (Fsp3) is 0.500. The molecule has 0 aliphatic carbocycles. The van der Waals surface area contributed by atoms with Crippen LogP contribution in [0, 0.1) is 5.92 Å². The summed E-state index contributed by atoms with van der Waals surface area (Å²) in [5.74, 6) is -1.53. The van der Waals surface area contributed by atoms with Crippen LogP contribution in [0.25, 0.3) is 0 Å². The quantitative estimate of drug-likeness (QED) is 0.563. The number of rotatable bonds is 8. The Kier molecular flexibility index (Phi) is 8.26. The number of hydrogen-bond acceptors (Lipinski definition) is 5. The van der Waals surface area contributed by atoms with E-state index < -0.39 is 23.4 Å². The fourth-order valence-electron chi connectivity index (χ4n) is 3.07. The first kappa shape index (κ1) is 23.3. The second kappa shape index (κ2) is 10.7. The molecule has 1 heterocycles. The molecule has 1 atom stereocenters. The number of nitrogens with one attached hydrogen (secondary N) is 2. The first-order valence-electron chi connectivity index (χ1n) is 10.3. The van der Waals surface area contributed by atoms with Gasteiger partial charge in [-0.25, -0.2) is 4.79 Å². The van der Waals surface area contributed by atoms with Crippen molar-refractivity contribution in [2.24, 2.45) is 11.7 Å². The largest absolute Gasteiger partial charge is 0.445 e. The average Bonchev–Trinajstić information content (AvgIpc) is 2.72. The van der Waals surface area contributed by atoms with Crippen LogP contribution in [-0.4, -0.2) is 41.4 Å². The van der Waals surface area contributed by atoms with Gasteiger partial charge in [0.25, 0.3) is 5.91 Å². The number of benzene rings is 1. The number of nitrogens with zero attached hydrogens (tertiary/aromatic N) is 1. The molecule has 1 aromatic rings. The number of alkyl carbamates (subject to hydrolysis) is 1. The van der Waals surface area contributed by atoms with Gasteiger partial charge in [-0.15, -0.1) is 0 Å². The number of hydrogen-bond donors (Lipinski definition) is 3. The molecule has 8 heteroatoms. The Balaban J connectivity index is 2.05. The molecule has 8 nitrogen and oxygen atoms in total. The Labute approximate surface area is 177 Å². The van der Waals surface area contributed by atoms with Gasteiger partial charge in [-0.05, 0) is 37.7 Å². The summed E-state index contributed by atoms with van der Waals surface area (Å²) < 4.78 is 5.25. The Morgan fingerprint density at radius 3 is 2.37 bits per heavy atom. The maximum atomic E-state index is 13.0. The summed E-state index contributed by atoms with van der Waals surface area (Å²) >= 11 is 0. The third-order valence-electron chi connectivity index (χ3n) is 5.42. The van der Waals surface area contributed by atoms with Crippen molar-refractivity contribution >= 4 is 17.9 Å². The first-order valence-corrected chi connectivity index (χ1v) is 10.3. The van der Waals surface area contributed by atoms with E-state index >= 15 is 0 Å². The standard InChI is InChI=1S/C22H32N4O4/c1-16(2)22(3,25-21(29)30-15-17-10-6-4-7-11-17)20(28)24-18(19(23)27)14-26-12-8-5-9-13-26/h4,6-7,10-11,14,16H,5,8-9,12-13,15H2,1-3H3,(H2,23,27)(H,24,28)(H,25,29)/t22-/m0/s1. The van der Waals surface area contributed by atoms with Gasteiger partial charge >= 0.3 is 6.09 Å². The maximum absolute atomic E-state index is 13.0. The van der Waals surface area contributed by atoms with E-state index in [-0.39, 0.29) is 18.2 Å². The van der Waals surface area contributed by atoms with Gasteiger partial charge in [-0.2, -0.15) is 0 Å². The molecule has 1 aliphatic rings. The minimum atomic E-state index is -1.30. The zero-order valence-electron chi connectivity index (χ0n) is 17.9. The molecule has 1 fully saturated rings. The number of piperidine rings is 1. The smallest absolute Gasteiger partial charge is 0.408 e. The van der Waals surface area contributed by atoms with E-state index in [4.69, 9.17) is 10.5 Å². The Morgan fingerprint density at radius 1 is 1.17 bits per heavy atom. The van der Waals surface area contributed by atoms with E-state index in [1.165, 1.54) is 0 Å². The SMILES string of the molecule is CC(C)[C@](C)(NC(=O)OCc1ccccc1)C(=O)NC(=CN1CCCCC1)C(N)=O. The number of carbonyl (C=O) groups excluding carboxylic acids is 3. The van der Waals surface area contributed by atoms with Gasteiger partial charge in [-0.1, -0.05) is 44.2 Å². The van der Waals surface area contributed by atoms with Crippen molar-refractivity contribution in [2.75, 3.05) is 13.1 Å². The molecule has 4 N–H and O–H groups in total. The predicted octanol–water partition coefficient (Wildman–Crippen LogP) is 2.26. The van der Waals surface area contributed by atoms with E-state index in [1.807, 2.05) is 35.2 Å². The molecule has 0 bridgehead atoms. The lowest BCUT2D eigenvalue weighted by Crippen LogP contribution is -2.60. The minimum Gasteiger partial charge on any atom is -0.445 e. The third kappa shape index (κ3) is 6.50. The fourth-order valence-corrected chi connectivity index (χ4v) is 3.07. The van der Waals surface area contributed by atoms with Crippen LogP contribution < -0.4 is 16.4 Å². The summed E-state index contributed by atoms with van der Waals surface area (Å²) in [6.07, 6.45) is 4.06. The van der Waals surface area contributed by atoms with Gasteiger partial charge in [0.15, 0.2) is 0 Å². The van der Waals surface area contributed by atoms with Crippen molar-refractivity contribution in [1.82, 2.24) is 15.5 Å². The van der Waals surface area contributed by atoms with E-state index in [0.29, 0.717) is 0 Å². The van der Waals surface area contributed by atoms with Gasteiger partial charge in [0.05, 0.1) is 0 Å². The highest BCUT2D eigenvalue weighted by Crippen LogP contribution is 2.18. The van der Waals surface area contributed by atoms with Crippen molar-refractivity contribution in [3.63, 3.8) is 0 Å². The number of amides is 3. The molecule has 164 valence electrons. The lowest BCUT2D eigenvalue weighted by Gasteiger charge is -2.33. The molecule has 0 unspecified atom stereocenters. The van der Waals surface area contributed by atoms with Crippen molar-refractivity contribution in [2.45, 2.75) is 52.2 Å². The summed E-state index contributed by atoms with van der Waals surface area (Å²) in [4.78, 5) is 39.2. The monoisotopic (exact) mass is 416 g/mol. The molecule has 30 heavy (non-hydrogen) atoms. The minimum absolute atomic E-state index is 0.00762. The summed E-state index contributed by atoms with van der Waals surface area (Å²) in [6, 6.07) is 9.25. The Hall–Kier alpha value is -3.03. The van der Waals surface area contributed by atoms with Crippen LogP contribution in [0.15, 0.2) is 42.2 Å². The van der Waals surface area contributed by atoms with Crippen LogP contribution in [0.5, 0.6) is 0 Å². The highest BCUT2D eigenvalue weighted by atomic mass is 16.5. The number of likely N-dealkylation sites (tertiary alicyclic amines) is 1. The van der Waals surface area contributed by atoms with Crippen LogP contribution >= 0.6 is 0 Å². The second-order valence-corrected chi connectivity index (χ2v) is 8.00. The number of primary amides is 1. The maximum Gasteiger partial charge on any atom is 0.408 e. The molecule has 0 aromatic heterocycles. The number of ether oxygens (including phenoxy) is 1. The molecular formula is C22H32N4O4. The van der Waals surface area contributed by atoms with Crippen molar-refractivity contribution < 1.29 is 19.1 Å². The summed E-state index contributed by atoms with van der Waals surface area (Å²) in [5.41, 5.74) is 5.02. The van der Waals surface area contributed by atoms with E-state index in [0.717, 1.165) is 37.9 Å². The van der Waals surface area contributed by atoms with Crippen LogP contribution in [-0.2, 0) is 20.9 Å². The van der Waals surface area contributed by atoms with E-state index in [9.17, 15) is 14.4 Å². The predicted molar refractivity (Wildman–Crippen MR) is 114 cm³/mol. The number of carbonyl (C=O) groups is 3. The highest BCUT2D eigenvalue weighted by molar-refractivity contribution is 5.99. The molecule has 0 radical (unpaired) electrons. The Bertz CT molecular complexity index is 773. The normalized spacial score (nSPS) is 16.5. The second-order valence-electron chi connectivity index (χ2n) is 8.00.